The van der Waals surface area contributed by atoms with E-state index in [2.05, 4.69) is 39.2 Å². The Bertz CT molecular complexity index is 636. The van der Waals surface area contributed by atoms with E-state index in [0.717, 1.165) is 30.2 Å². The van der Waals surface area contributed by atoms with Gasteiger partial charge in [0, 0.05) is 17.3 Å². The minimum Gasteiger partial charge on any atom is -0.465 e. The first-order valence-electron chi connectivity index (χ1n) is 8.02. The van der Waals surface area contributed by atoms with Crippen molar-refractivity contribution in [1.29, 1.82) is 0 Å². The molecule has 2 heterocycles. The number of thioether (sulfide) groups is 1. The smallest absolute Gasteiger partial charge is 0.316 e. The van der Waals surface area contributed by atoms with Gasteiger partial charge in [0.1, 0.15) is 5.82 Å². The Kier molecular flexibility index (Phi) is 5.72. The quantitative estimate of drug-likeness (QED) is 0.392. The van der Waals surface area contributed by atoms with E-state index in [-0.39, 0.29) is 5.97 Å². The van der Waals surface area contributed by atoms with Gasteiger partial charge in [-0.1, -0.05) is 31.2 Å². The molecule has 0 amide bonds. The zero-order valence-corrected chi connectivity index (χ0v) is 14.9. The van der Waals surface area contributed by atoms with Crippen LogP contribution < -0.4 is 0 Å². The van der Waals surface area contributed by atoms with Gasteiger partial charge in [0.2, 0.25) is 0 Å². The number of carbonyl (C=O) groups excluding carboxylic acids is 1. The maximum Gasteiger partial charge on any atom is 0.316 e. The fourth-order valence-corrected chi connectivity index (χ4v) is 3.81. The summed E-state index contributed by atoms with van der Waals surface area (Å²) in [5.74, 6) is 1.12. The lowest BCUT2D eigenvalue weighted by molar-refractivity contribution is -0.140. The molecule has 3 rings (SSSR count). The summed E-state index contributed by atoms with van der Waals surface area (Å²) in [5.41, 5.74) is 0. The van der Waals surface area contributed by atoms with Gasteiger partial charge in [-0.2, -0.15) is 0 Å². The number of carbonyl (C=O) groups is 1. The van der Waals surface area contributed by atoms with E-state index in [1.54, 1.807) is 11.3 Å². The van der Waals surface area contributed by atoms with Crippen LogP contribution in [0.25, 0.3) is 0 Å². The first-order chi connectivity index (χ1) is 11.3. The van der Waals surface area contributed by atoms with Crippen molar-refractivity contribution in [2.75, 3.05) is 12.4 Å². The Morgan fingerprint density at radius 1 is 1.48 bits per heavy atom. The second-order valence-corrected chi connectivity index (χ2v) is 7.59. The van der Waals surface area contributed by atoms with E-state index in [0.29, 0.717) is 18.4 Å². The van der Waals surface area contributed by atoms with Crippen molar-refractivity contribution in [3.63, 3.8) is 0 Å². The topological polar surface area (TPSA) is 57.0 Å². The number of hydrogen-bond acceptors (Lipinski definition) is 6. The molecule has 2 aromatic heterocycles. The van der Waals surface area contributed by atoms with Gasteiger partial charge in [0.15, 0.2) is 5.16 Å². The van der Waals surface area contributed by atoms with Crippen LogP contribution >= 0.6 is 23.1 Å². The molecule has 124 valence electrons. The van der Waals surface area contributed by atoms with E-state index in [4.69, 9.17) is 4.74 Å². The summed E-state index contributed by atoms with van der Waals surface area (Å²) in [6.07, 6.45) is 5.10. The second-order valence-electron chi connectivity index (χ2n) is 5.62. The van der Waals surface area contributed by atoms with Crippen molar-refractivity contribution in [2.45, 2.75) is 50.2 Å². The summed E-state index contributed by atoms with van der Waals surface area (Å²) in [7, 11) is 0. The summed E-state index contributed by atoms with van der Waals surface area (Å²) in [5, 5.41) is 11.6. The van der Waals surface area contributed by atoms with Crippen molar-refractivity contribution in [1.82, 2.24) is 14.8 Å². The molecule has 1 fully saturated rings. The van der Waals surface area contributed by atoms with Gasteiger partial charge in [0.05, 0.1) is 12.4 Å². The van der Waals surface area contributed by atoms with Gasteiger partial charge in [-0.3, -0.25) is 4.79 Å². The molecule has 0 saturated heterocycles. The van der Waals surface area contributed by atoms with Crippen molar-refractivity contribution < 1.29 is 9.53 Å². The Labute approximate surface area is 144 Å². The number of ether oxygens (including phenoxy) is 1. The molecule has 0 atom stereocenters. The summed E-state index contributed by atoms with van der Waals surface area (Å²) in [6, 6.07) is 4.67. The zero-order chi connectivity index (χ0) is 16.1. The van der Waals surface area contributed by atoms with Crippen LogP contribution in [0.5, 0.6) is 0 Å². The molecule has 5 nitrogen and oxygen atoms in total. The Morgan fingerprint density at radius 2 is 2.35 bits per heavy atom. The van der Waals surface area contributed by atoms with Crippen LogP contribution in [0.2, 0.25) is 0 Å². The third-order valence-corrected chi connectivity index (χ3v) is 5.43. The molecule has 1 aliphatic rings. The second kappa shape index (κ2) is 7.97. The highest BCUT2D eigenvalue weighted by Gasteiger charge is 2.30. The number of hydrogen-bond donors (Lipinski definition) is 0. The molecule has 7 heteroatoms. The molecule has 1 aliphatic carbocycles. The number of thiophene rings is 1. The van der Waals surface area contributed by atoms with Gasteiger partial charge in [-0.15, -0.1) is 21.5 Å². The van der Waals surface area contributed by atoms with Crippen LogP contribution in [0, 0.1) is 0 Å². The molecular weight excluding hydrogens is 330 g/mol. The summed E-state index contributed by atoms with van der Waals surface area (Å²) < 4.78 is 7.41. The molecular formula is C16H21N3O2S2. The first kappa shape index (κ1) is 16.5. The molecule has 0 N–H and O–H groups in total. The van der Waals surface area contributed by atoms with E-state index in [9.17, 15) is 4.79 Å². The Morgan fingerprint density at radius 3 is 3.04 bits per heavy atom. The van der Waals surface area contributed by atoms with E-state index < -0.39 is 0 Å². The highest BCUT2D eigenvalue weighted by atomic mass is 32.2. The standard InChI is InChI=1S/C16H21N3O2S2/c1-2-3-8-21-15(20)11-23-16-18-17-14(19(16)12-6-7-12)10-13-5-4-9-22-13/h4-5,9,12H,2-3,6-8,10-11H2,1H3. The van der Waals surface area contributed by atoms with Crippen LogP contribution in [0.3, 0.4) is 0 Å². The molecule has 2 aromatic rings. The van der Waals surface area contributed by atoms with Gasteiger partial charge < -0.3 is 9.30 Å². The largest absolute Gasteiger partial charge is 0.465 e. The third kappa shape index (κ3) is 4.57. The minimum atomic E-state index is -0.173. The summed E-state index contributed by atoms with van der Waals surface area (Å²) in [6.45, 7) is 2.59. The fourth-order valence-electron chi connectivity index (χ4n) is 2.29. The minimum absolute atomic E-state index is 0.173. The van der Waals surface area contributed by atoms with Crippen LogP contribution in [-0.4, -0.2) is 33.1 Å². The number of esters is 1. The van der Waals surface area contributed by atoms with Crippen molar-refractivity contribution in [2.24, 2.45) is 0 Å². The number of nitrogens with zero attached hydrogens (tertiary/aromatic N) is 3. The molecule has 0 radical (unpaired) electrons. The highest BCUT2D eigenvalue weighted by Crippen LogP contribution is 2.39. The molecule has 0 aliphatic heterocycles. The van der Waals surface area contributed by atoms with Gasteiger partial charge in [-0.25, -0.2) is 0 Å². The van der Waals surface area contributed by atoms with Crippen molar-refractivity contribution in [3.8, 4) is 0 Å². The predicted molar refractivity (Wildman–Crippen MR) is 92.0 cm³/mol. The van der Waals surface area contributed by atoms with E-state index in [1.165, 1.54) is 29.5 Å². The van der Waals surface area contributed by atoms with Crippen LogP contribution in [-0.2, 0) is 16.0 Å². The summed E-state index contributed by atoms with van der Waals surface area (Å²) in [4.78, 5) is 13.0. The van der Waals surface area contributed by atoms with Crippen molar-refractivity contribution >= 4 is 29.1 Å². The summed E-state index contributed by atoms with van der Waals surface area (Å²) >= 11 is 3.17. The van der Waals surface area contributed by atoms with E-state index in [1.807, 2.05) is 0 Å². The normalized spacial score (nSPS) is 14.1. The molecule has 0 aromatic carbocycles. The highest BCUT2D eigenvalue weighted by molar-refractivity contribution is 7.99. The lowest BCUT2D eigenvalue weighted by Crippen LogP contribution is -2.10. The predicted octanol–water partition coefficient (Wildman–Crippen LogP) is 3.70. The lowest BCUT2D eigenvalue weighted by Gasteiger charge is -2.08. The van der Waals surface area contributed by atoms with Crippen molar-refractivity contribution in [3.05, 3.63) is 28.2 Å². The molecule has 23 heavy (non-hydrogen) atoms. The fraction of sp³-hybridized carbons (Fsp3) is 0.562. The Balaban J connectivity index is 1.61. The molecule has 0 bridgehead atoms. The number of aromatic nitrogens is 3. The van der Waals surface area contributed by atoms with Gasteiger partial charge >= 0.3 is 5.97 Å². The first-order valence-corrected chi connectivity index (χ1v) is 9.89. The van der Waals surface area contributed by atoms with Crippen LogP contribution in [0.4, 0.5) is 0 Å². The maximum absolute atomic E-state index is 11.8. The monoisotopic (exact) mass is 351 g/mol. The van der Waals surface area contributed by atoms with E-state index >= 15 is 0 Å². The molecule has 0 spiro atoms. The average molecular weight is 351 g/mol. The third-order valence-electron chi connectivity index (χ3n) is 3.64. The average Bonchev–Trinajstić information content (AvgIpc) is 3.10. The lowest BCUT2D eigenvalue weighted by atomic mass is 10.3. The van der Waals surface area contributed by atoms with Gasteiger partial charge in [-0.05, 0) is 30.7 Å². The Hall–Kier alpha value is -1.34. The maximum atomic E-state index is 11.8. The zero-order valence-electron chi connectivity index (χ0n) is 13.2. The number of unbranched alkanes of at least 4 members (excludes halogenated alkanes) is 1. The van der Waals surface area contributed by atoms with Gasteiger partial charge in [0.25, 0.3) is 0 Å². The molecule has 0 unspecified atom stereocenters. The molecule has 1 saturated carbocycles. The van der Waals surface area contributed by atoms with Crippen LogP contribution in [0.15, 0.2) is 22.7 Å². The SMILES string of the molecule is CCCCOC(=O)CSc1nnc(Cc2cccs2)n1C1CC1. The number of rotatable bonds is 9. The van der Waals surface area contributed by atoms with Crippen LogP contribution in [0.1, 0.15) is 49.4 Å².